The van der Waals surface area contributed by atoms with Gasteiger partial charge in [0.15, 0.2) is 0 Å². The predicted octanol–water partition coefficient (Wildman–Crippen LogP) is 4.29. The summed E-state index contributed by atoms with van der Waals surface area (Å²) >= 11 is 0. The first-order valence-corrected chi connectivity index (χ1v) is 11.2. The lowest BCUT2D eigenvalue weighted by molar-refractivity contribution is 0.0370. The molecule has 0 saturated carbocycles. The first-order chi connectivity index (χ1) is 12.6. The van der Waals surface area contributed by atoms with E-state index in [-0.39, 0.29) is 0 Å². The van der Waals surface area contributed by atoms with Gasteiger partial charge in [0.05, 0.1) is 26.4 Å². The minimum Gasteiger partial charge on any atom is -0.379 e. The molecule has 0 spiro atoms. The van der Waals surface area contributed by atoms with Crippen LogP contribution in [-0.2, 0) is 9.47 Å². The molecule has 0 aliphatic carbocycles. The van der Waals surface area contributed by atoms with Crippen LogP contribution in [0.5, 0.6) is 0 Å². The molecule has 0 unspecified atom stereocenters. The molecule has 0 N–H and O–H groups in total. The van der Waals surface area contributed by atoms with Gasteiger partial charge >= 0.3 is 0 Å². The monoisotopic (exact) mass is 370 g/mol. The van der Waals surface area contributed by atoms with Crippen LogP contribution in [0.1, 0.15) is 66.2 Å². The molecular formula is C22H46N2O2. The van der Waals surface area contributed by atoms with Gasteiger partial charge in [-0.2, -0.15) is 0 Å². The number of rotatable bonds is 10. The fraction of sp³-hybridized carbons (Fsp3) is 1.00. The van der Waals surface area contributed by atoms with E-state index in [1.165, 1.54) is 51.6 Å². The summed E-state index contributed by atoms with van der Waals surface area (Å²) in [5.41, 5.74) is 0. The quantitative estimate of drug-likeness (QED) is 0.536. The molecule has 2 saturated heterocycles. The van der Waals surface area contributed by atoms with Crippen LogP contribution in [0.4, 0.5) is 0 Å². The van der Waals surface area contributed by atoms with E-state index in [0.717, 1.165) is 64.4 Å². The molecule has 0 aromatic carbocycles. The third-order valence-corrected chi connectivity index (χ3v) is 5.22. The van der Waals surface area contributed by atoms with Crippen LogP contribution in [-0.4, -0.2) is 75.5 Å². The maximum Gasteiger partial charge on any atom is 0.0594 e. The highest BCUT2D eigenvalue weighted by atomic mass is 16.5. The van der Waals surface area contributed by atoms with Crippen molar-refractivity contribution in [1.82, 2.24) is 9.80 Å². The largest absolute Gasteiger partial charge is 0.379 e. The van der Waals surface area contributed by atoms with Gasteiger partial charge in [-0.05, 0) is 37.8 Å². The summed E-state index contributed by atoms with van der Waals surface area (Å²) in [5, 5.41) is 0. The summed E-state index contributed by atoms with van der Waals surface area (Å²) in [7, 11) is 0. The minimum absolute atomic E-state index is 0.865. The number of hydrogen-bond acceptors (Lipinski definition) is 4. The maximum atomic E-state index is 5.30. The van der Waals surface area contributed by atoms with Crippen molar-refractivity contribution in [2.45, 2.75) is 66.2 Å². The fourth-order valence-corrected chi connectivity index (χ4v) is 3.43. The van der Waals surface area contributed by atoms with Crippen molar-refractivity contribution in [3.63, 3.8) is 0 Å². The van der Waals surface area contributed by atoms with Gasteiger partial charge in [-0.25, -0.2) is 0 Å². The Bertz CT molecular complexity index is 269. The zero-order chi connectivity index (χ0) is 19.0. The van der Waals surface area contributed by atoms with Gasteiger partial charge < -0.3 is 9.47 Å². The fourth-order valence-electron chi connectivity index (χ4n) is 3.43. The van der Waals surface area contributed by atoms with Crippen molar-refractivity contribution >= 4 is 0 Å². The molecule has 4 nitrogen and oxygen atoms in total. The zero-order valence-electron chi connectivity index (χ0n) is 18.2. The molecule has 156 valence electrons. The van der Waals surface area contributed by atoms with Crippen molar-refractivity contribution in [2.24, 2.45) is 11.8 Å². The van der Waals surface area contributed by atoms with Gasteiger partial charge in [-0.15, -0.1) is 0 Å². The van der Waals surface area contributed by atoms with E-state index >= 15 is 0 Å². The molecule has 2 aliphatic heterocycles. The minimum atomic E-state index is 0.865. The standard InChI is InChI=1S/2C11H23NO/c2*1-11(2)5-3-4-6-12-7-9-13-10-8-12/h2*11H,3-10H2,1-2H3. The van der Waals surface area contributed by atoms with E-state index in [4.69, 9.17) is 9.47 Å². The van der Waals surface area contributed by atoms with Crippen LogP contribution in [0.3, 0.4) is 0 Å². The molecule has 0 aromatic rings. The second-order valence-corrected chi connectivity index (χ2v) is 8.69. The van der Waals surface area contributed by atoms with Crippen LogP contribution >= 0.6 is 0 Å². The molecule has 2 aliphatic rings. The van der Waals surface area contributed by atoms with Crippen molar-refractivity contribution in [2.75, 3.05) is 65.7 Å². The van der Waals surface area contributed by atoms with E-state index in [2.05, 4.69) is 37.5 Å². The van der Waals surface area contributed by atoms with E-state index in [1.807, 2.05) is 0 Å². The molecule has 2 heterocycles. The Kier molecular flexibility index (Phi) is 14.6. The lowest BCUT2D eigenvalue weighted by Gasteiger charge is -2.26. The van der Waals surface area contributed by atoms with Crippen LogP contribution in [0.15, 0.2) is 0 Å². The Labute approximate surface area is 163 Å². The Balaban J connectivity index is 0.000000260. The first-order valence-electron chi connectivity index (χ1n) is 11.2. The summed E-state index contributed by atoms with van der Waals surface area (Å²) in [5.74, 6) is 1.73. The average molecular weight is 371 g/mol. The molecule has 2 fully saturated rings. The van der Waals surface area contributed by atoms with Gasteiger partial charge in [0.1, 0.15) is 0 Å². The van der Waals surface area contributed by atoms with E-state index in [0.29, 0.717) is 0 Å². The number of ether oxygens (including phenoxy) is 2. The topological polar surface area (TPSA) is 24.9 Å². The van der Waals surface area contributed by atoms with Crippen molar-refractivity contribution in [3.05, 3.63) is 0 Å². The highest BCUT2D eigenvalue weighted by molar-refractivity contribution is 4.62. The summed E-state index contributed by atoms with van der Waals surface area (Å²) in [4.78, 5) is 5.04. The van der Waals surface area contributed by atoms with Crippen LogP contribution in [0.25, 0.3) is 0 Å². The summed E-state index contributed by atoms with van der Waals surface area (Å²) in [6, 6.07) is 0. The van der Waals surface area contributed by atoms with Gasteiger partial charge in [-0.1, -0.05) is 53.4 Å². The number of morpholine rings is 2. The van der Waals surface area contributed by atoms with Gasteiger partial charge in [-0.3, -0.25) is 9.80 Å². The van der Waals surface area contributed by atoms with Gasteiger partial charge in [0.2, 0.25) is 0 Å². The van der Waals surface area contributed by atoms with Crippen molar-refractivity contribution in [3.8, 4) is 0 Å². The molecule has 2 rings (SSSR count). The van der Waals surface area contributed by atoms with E-state index in [1.54, 1.807) is 0 Å². The molecule has 0 radical (unpaired) electrons. The Hall–Kier alpha value is -0.160. The third kappa shape index (κ3) is 14.0. The van der Waals surface area contributed by atoms with Crippen LogP contribution < -0.4 is 0 Å². The molecule has 0 amide bonds. The summed E-state index contributed by atoms with van der Waals surface area (Å²) in [6.45, 7) is 20.1. The highest BCUT2D eigenvalue weighted by Gasteiger charge is 2.09. The van der Waals surface area contributed by atoms with Crippen molar-refractivity contribution in [1.29, 1.82) is 0 Å². The normalized spacial score (nSPS) is 19.6. The zero-order valence-corrected chi connectivity index (χ0v) is 18.2. The number of nitrogens with zero attached hydrogens (tertiary/aromatic N) is 2. The SMILES string of the molecule is CC(C)CCCCN1CCOCC1.CC(C)CCCCN1CCOCC1. The van der Waals surface area contributed by atoms with Gasteiger partial charge in [0, 0.05) is 26.2 Å². The first kappa shape index (κ1) is 23.9. The number of unbranched alkanes of at least 4 members (excludes halogenated alkanes) is 2. The van der Waals surface area contributed by atoms with Crippen LogP contribution in [0.2, 0.25) is 0 Å². The lowest BCUT2D eigenvalue weighted by Crippen LogP contribution is -2.36. The second kappa shape index (κ2) is 15.9. The lowest BCUT2D eigenvalue weighted by atomic mass is 10.1. The second-order valence-electron chi connectivity index (χ2n) is 8.69. The molecule has 0 aromatic heterocycles. The predicted molar refractivity (Wildman–Crippen MR) is 112 cm³/mol. The maximum absolute atomic E-state index is 5.30. The Morgan fingerprint density at radius 1 is 0.577 bits per heavy atom. The molecule has 4 heteroatoms. The molecular weight excluding hydrogens is 324 g/mol. The van der Waals surface area contributed by atoms with E-state index < -0.39 is 0 Å². The Morgan fingerprint density at radius 2 is 0.923 bits per heavy atom. The smallest absolute Gasteiger partial charge is 0.0594 e. The Morgan fingerprint density at radius 3 is 1.23 bits per heavy atom. The molecule has 26 heavy (non-hydrogen) atoms. The third-order valence-electron chi connectivity index (χ3n) is 5.22. The van der Waals surface area contributed by atoms with Crippen molar-refractivity contribution < 1.29 is 9.47 Å². The van der Waals surface area contributed by atoms with Gasteiger partial charge in [0.25, 0.3) is 0 Å². The summed E-state index contributed by atoms with van der Waals surface area (Å²) in [6.07, 6.45) is 8.25. The average Bonchev–Trinajstić information content (AvgIpc) is 2.64. The van der Waals surface area contributed by atoms with E-state index in [9.17, 15) is 0 Å². The number of hydrogen-bond donors (Lipinski definition) is 0. The molecule has 0 atom stereocenters. The van der Waals surface area contributed by atoms with Crippen LogP contribution in [0, 0.1) is 11.8 Å². The highest BCUT2D eigenvalue weighted by Crippen LogP contribution is 2.08. The molecule has 0 bridgehead atoms. The summed E-state index contributed by atoms with van der Waals surface area (Å²) < 4.78 is 10.6.